The molecule has 2 aliphatic rings. The highest BCUT2D eigenvalue weighted by molar-refractivity contribution is 5.94. The van der Waals surface area contributed by atoms with Gasteiger partial charge in [-0.05, 0) is 30.5 Å². The molecular weight excluding hydrogens is 408 g/mol. The first-order chi connectivity index (χ1) is 15.3. The molecule has 4 rings (SSSR count). The zero-order valence-electron chi connectivity index (χ0n) is 18.5. The van der Waals surface area contributed by atoms with Crippen molar-refractivity contribution in [2.75, 3.05) is 45.2 Å². The number of carbonyl (C=O) groups is 3. The van der Waals surface area contributed by atoms with Crippen LogP contribution >= 0.6 is 0 Å². The van der Waals surface area contributed by atoms with Gasteiger partial charge in [0.2, 0.25) is 23.7 Å². The number of hydrogen-bond donors (Lipinski definition) is 1. The van der Waals surface area contributed by atoms with E-state index in [9.17, 15) is 14.4 Å². The zero-order valence-corrected chi connectivity index (χ0v) is 18.5. The lowest BCUT2D eigenvalue weighted by Crippen LogP contribution is -2.39. The second-order valence-corrected chi connectivity index (χ2v) is 8.55. The van der Waals surface area contributed by atoms with Gasteiger partial charge in [-0.2, -0.15) is 0 Å². The summed E-state index contributed by atoms with van der Waals surface area (Å²) in [4.78, 5) is 50.9. The van der Waals surface area contributed by atoms with Crippen molar-refractivity contribution in [3.63, 3.8) is 0 Å². The molecule has 2 saturated heterocycles. The number of amides is 3. The summed E-state index contributed by atoms with van der Waals surface area (Å²) >= 11 is 0. The first-order valence-corrected chi connectivity index (χ1v) is 10.8. The normalized spacial score (nSPS) is 18.3. The van der Waals surface area contributed by atoms with Gasteiger partial charge in [0.25, 0.3) is 0 Å². The number of carbonyl (C=O) groups excluding carboxylic acids is 3. The Morgan fingerprint density at radius 1 is 1.25 bits per heavy atom. The van der Waals surface area contributed by atoms with E-state index in [1.165, 1.54) is 0 Å². The van der Waals surface area contributed by atoms with Gasteiger partial charge < -0.3 is 20.4 Å². The van der Waals surface area contributed by atoms with Crippen LogP contribution in [0.4, 0.5) is 5.95 Å². The van der Waals surface area contributed by atoms with Gasteiger partial charge in [-0.1, -0.05) is 12.1 Å². The molecular formula is C23H28N6O3. The second kappa shape index (κ2) is 8.94. The van der Waals surface area contributed by atoms with Crippen LogP contribution < -0.4 is 10.6 Å². The molecule has 168 valence electrons. The molecule has 2 aliphatic heterocycles. The molecule has 1 atom stereocenters. The minimum atomic E-state index is -0.492. The number of likely N-dealkylation sites (tertiary alicyclic amines) is 2. The summed E-state index contributed by atoms with van der Waals surface area (Å²) in [7, 11) is 3.76. The van der Waals surface area contributed by atoms with Crippen LogP contribution in [0.15, 0.2) is 30.5 Å². The summed E-state index contributed by atoms with van der Waals surface area (Å²) in [5.41, 5.74) is 8.37. The Bertz CT molecular complexity index is 1050. The van der Waals surface area contributed by atoms with Crippen molar-refractivity contribution in [2.45, 2.75) is 25.2 Å². The maximum Gasteiger partial charge on any atom is 0.248 e. The summed E-state index contributed by atoms with van der Waals surface area (Å²) in [6.45, 7) is 1.95. The predicted octanol–water partition coefficient (Wildman–Crippen LogP) is 1.25. The molecule has 1 aromatic carbocycles. The van der Waals surface area contributed by atoms with E-state index in [0.29, 0.717) is 37.6 Å². The molecule has 0 radical (unpaired) electrons. The van der Waals surface area contributed by atoms with Gasteiger partial charge in [0.05, 0.1) is 12.2 Å². The lowest BCUT2D eigenvalue weighted by atomic mass is 9.95. The monoisotopic (exact) mass is 436 g/mol. The van der Waals surface area contributed by atoms with Crippen LogP contribution in [0.1, 0.15) is 41.2 Å². The second-order valence-electron chi connectivity index (χ2n) is 8.55. The summed E-state index contributed by atoms with van der Waals surface area (Å²) in [5, 5.41) is 0. The van der Waals surface area contributed by atoms with Crippen molar-refractivity contribution in [1.82, 2.24) is 19.8 Å². The van der Waals surface area contributed by atoms with Crippen molar-refractivity contribution in [1.29, 1.82) is 0 Å². The third kappa shape index (κ3) is 4.42. The van der Waals surface area contributed by atoms with E-state index >= 15 is 0 Å². The van der Waals surface area contributed by atoms with E-state index in [1.807, 2.05) is 30.0 Å². The number of nitrogens with zero attached hydrogens (tertiary/aromatic N) is 5. The van der Waals surface area contributed by atoms with Crippen LogP contribution in [0, 0.1) is 0 Å². The minimum Gasteiger partial charge on any atom is -0.366 e. The Labute approximate surface area is 187 Å². The Kier molecular flexibility index (Phi) is 6.07. The molecule has 2 N–H and O–H groups in total. The molecule has 0 unspecified atom stereocenters. The summed E-state index contributed by atoms with van der Waals surface area (Å²) in [6, 6.07) is 7.12. The van der Waals surface area contributed by atoms with E-state index in [-0.39, 0.29) is 24.3 Å². The maximum absolute atomic E-state index is 12.8. The van der Waals surface area contributed by atoms with Crippen LogP contribution in [-0.4, -0.2) is 77.8 Å². The van der Waals surface area contributed by atoms with Gasteiger partial charge >= 0.3 is 0 Å². The highest BCUT2D eigenvalue weighted by Gasteiger charge is 2.32. The molecule has 0 saturated carbocycles. The molecule has 9 nitrogen and oxygen atoms in total. The van der Waals surface area contributed by atoms with Gasteiger partial charge in [0, 0.05) is 63.4 Å². The Morgan fingerprint density at radius 2 is 2.06 bits per heavy atom. The van der Waals surface area contributed by atoms with Gasteiger partial charge in [0.1, 0.15) is 0 Å². The van der Waals surface area contributed by atoms with E-state index in [2.05, 4.69) is 4.98 Å². The average Bonchev–Trinajstić information content (AvgIpc) is 3.43. The molecule has 9 heteroatoms. The Morgan fingerprint density at radius 3 is 2.75 bits per heavy atom. The highest BCUT2D eigenvalue weighted by atomic mass is 16.2. The molecule has 0 aliphatic carbocycles. The van der Waals surface area contributed by atoms with Gasteiger partial charge in [0.15, 0.2) is 0 Å². The number of nitrogens with two attached hydrogens (primary N) is 1. The highest BCUT2D eigenvalue weighted by Crippen LogP contribution is 2.34. The minimum absolute atomic E-state index is 0.0260. The molecule has 2 aromatic rings. The number of rotatable bonds is 6. The largest absolute Gasteiger partial charge is 0.366 e. The molecule has 3 amide bonds. The van der Waals surface area contributed by atoms with Gasteiger partial charge in [-0.15, -0.1) is 0 Å². The molecule has 1 aromatic heterocycles. The molecule has 0 bridgehead atoms. The Hall–Kier alpha value is -3.49. The zero-order chi connectivity index (χ0) is 22.8. The van der Waals surface area contributed by atoms with Crippen molar-refractivity contribution < 1.29 is 14.4 Å². The molecule has 2 fully saturated rings. The fraction of sp³-hybridized carbons (Fsp3) is 0.435. The van der Waals surface area contributed by atoms with Crippen molar-refractivity contribution >= 4 is 23.7 Å². The Balaban J connectivity index is 1.60. The van der Waals surface area contributed by atoms with E-state index in [0.717, 1.165) is 29.7 Å². The number of hydrogen-bond acceptors (Lipinski definition) is 6. The van der Waals surface area contributed by atoms with Crippen molar-refractivity contribution in [3.8, 4) is 11.1 Å². The van der Waals surface area contributed by atoms with E-state index < -0.39 is 5.91 Å². The van der Waals surface area contributed by atoms with E-state index in [4.69, 9.17) is 10.7 Å². The van der Waals surface area contributed by atoms with Gasteiger partial charge in [-0.25, -0.2) is 9.97 Å². The first-order valence-electron chi connectivity index (χ1n) is 10.8. The topological polar surface area (TPSA) is 113 Å². The number of benzene rings is 1. The first kappa shape index (κ1) is 21.7. The number of primary amides is 1. The SMILES string of the molecule is CN(C)c1ncc(-c2cccc(C(N)=O)c2)c([C@@H]2CCN(C(=O)CN3CCCC3=O)C2)n1. The summed E-state index contributed by atoms with van der Waals surface area (Å²) in [5.74, 6) is 0.150. The lowest BCUT2D eigenvalue weighted by Gasteiger charge is -2.22. The number of anilines is 1. The van der Waals surface area contributed by atoms with Crippen LogP contribution in [0.2, 0.25) is 0 Å². The van der Waals surface area contributed by atoms with E-state index in [1.54, 1.807) is 29.3 Å². The quantitative estimate of drug-likeness (QED) is 0.729. The molecule has 3 heterocycles. The third-order valence-electron chi connectivity index (χ3n) is 6.09. The van der Waals surface area contributed by atoms with Crippen LogP contribution in [-0.2, 0) is 9.59 Å². The maximum atomic E-state index is 12.8. The van der Waals surface area contributed by atoms with Crippen molar-refractivity contribution in [2.24, 2.45) is 5.73 Å². The standard InChI is InChI=1S/C23H28N6O3/c1-27(2)23-25-12-18(15-5-3-6-16(11-15)22(24)32)21(26-23)17-8-10-29(13-17)20(31)14-28-9-4-7-19(28)30/h3,5-6,11-12,17H,4,7-10,13-14H2,1-2H3,(H2,24,32)/t17-/m1/s1. The fourth-order valence-corrected chi connectivity index (χ4v) is 4.32. The van der Waals surface area contributed by atoms with Gasteiger partial charge in [-0.3, -0.25) is 14.4 Å². The molecule has 32 heavy (non-hydrogen) atoms. The van der Waals surface area contributed by atoms with Crippen LogP contribution in [0.3, 0.4) is 0 Å². The fourth-order valence-electron chi connectivity index (χ4n) is 4.32. The smallest absolute Gasteiger partial charge is 0.248 e. The third-order valence-corrected chi connectivity index (χ3v) is 6.09. The number of aromatic nitrogens is 2. The molecule has 0 spiro atoms. The van der Waals surface area contributed by atoms with Crippen molar-refractivity contribution in [3.05, 3.63) is 41.7 Å². The lowest BCUT2D eigenvalue weighted by molar-refractivity contribution is -0.137. The van der Waals surface area contributed by atoms with Crippen LogP contribution in [0.25, 0.3) is 11.1 Å². The summed E-state index contributed by atoms with van der Waals surface area (Å²) in [6.07, 6.45) is 3.88. The summed E-state index contributed by atoms with van der Waals surface area (Å²) < 4.78 is 0. The predicted molar refractivity (Wildman–Crippen MR) is 120 cm³/mol. The average molecular weight is 437 g/mol. The van der Waals surface area contributed by atoms with Crippen LogP contribution in [0.5, 0.6) is 0 Å².